The van der Waals surface area contributed by atoms with Crippen LogP contribution in [0.15, 0.2) is 24.3 Å². The molecule has 1 aliphatic carbocycles. The number of ether oxygens (including phenoxy) is 6. The quantitative estimate of drug-likeness (QED) is 0.469. The zero-order valence-corrected chi connectivity index (χ0v) is 19.8. The topological polar surface area (TPSA) is 110 Å². The van der Waals surface area contributed by atoms with E-state index in [1.165, 1.54) is 6.08 Å². The van der Waals surface area contributed by atoms with Gasteiger partial charge in [-0.25, -0.2) is 9.59 Å². The van der Waals surface area contributed by atoms with E-state index in [9.17, 15) is 14.7 Å². The largest absolute Gasteiger partial charge is 0.486 e. The van der Waals surface area contributed by atoms with Crippen molar-refractivity contribution in [1.82, 2.24) is 0 Å². The van der Waals surface area contributed by atoms with E-state index in [0.717, 1.165) is 5.56 Å². The molecule has 4 atom stereocenters. The second-order valence-corrected chi connectivity index (χ2v) is 8.73. The number of hydrogen-bond donors (Lipinski definition) is 1. The minimum absolute atomic E-state index is 0.0132. The van der Waals surface area contributed by atoms with E-state index in [1.807, 2.05) is 13.8 Å². The monoisotopic (exact) mass is 476 g/mol. The lowest BCUT2D eigenvalue weighted by Gasteiger charge is -2.39. The van der Waals surface area contributed by atoms with Crippen LogP contribution in [0.25, 0.3) is 6.08 Å². The summed E-state index contributed by atoms with van der Waals surface area (Å²) in [4.78, 5) is 25.2. The maximum Gasteiger partial charge on any atom is 0.338 e. The molecule has 2 aliphatic heterocycles. The first-order valence-corrected chi connectivity index (χ1v) is 11.8. The summed E-state index contributed by atoms with van der Waals surface area (Å²) in [5.41, 5.74) is -1.09. The minimum Gasteiger partial charge on any atom is -0.486 e. The van der Waals surface area contributed by atoms with E-state index in [4.69, 9.17) is 28.4 Å². The Kier molecular flexibility index (Phi) is 7.16. The van der Waals surface area contributed by atoms with Gasteiger partial charge in [0.2, 0.25) is 0 Å². The average Bonchev–Trinajstić information content (AvgIpc) is 3.22. The first-order valence-electron chi connectivity index (χ1n) is 11.8. The SMILES string of the molecule is CCOC(=O)[C@@]1(O)C[C@@H](OC(=O)/C=C/c2ccc3c(c2)OCCO3)[C@@H]2OC(CC)(CC)O[C@@H]2C1. The molecule has 1 aromatic rings. The Morgan fingerprint density at radius 3 is 2.53 bits per heavy atom. The predicted octanol–water partition coefficient (Wildman–Crippen LogP) is 2.77. The van der Waals surface area contributed by atoms with Crippen molar-refractivity contribution in [2.75, 3.05) is 19.8 Å². The van der Waals surface area contributed by atoms with E-state index in [1.54, 1.807) is 31.2 Å². The number of hydrogen-bond acceptors (Lipinski definition) is 9. The highest BCUT2D eigenvalue weighted by molar-refractivity contribution is 5.87. The lowest BCUT2D eigenvalue weighted by atomic mass is 9.79. The van der Waals surface area contributed by atoms with E-state index in [-0.39, 0.29) is 19.4 Å². The lowest BCUT2D eigenvalue weighted by molar-refractivity contribution is -0.192. The van der Waals surface area contributed by atoms with E-state index in [0.29, 0.717) is 37.6 Å². The maximum absolute atomic E-state index is 12.7. The summed E-state index contributed by atoms with van der Waals surface area (Å²) in [5, 5.41) is 11.1. The molecule has 34 heavy (non-hydrogen) atoms. The number of benzene rings is 1. The van der Waals surface area contributed by atoms with Crippen molar-refractivity contribution in [1.29, 1.82) is 0 Å². The highest BCUT2D eigenvalue weighted by atomic mass is 16.8. The maximum atomic E-state index is 12.7. The van der Waals surface area contributed by atoms with Gasteiger partial charge in [0, 0.05) is 18.9 Å². The molecule has 0 radical (unpaired) electrons. The summed E-state index contributed by atoms with van der Waals surface area (Å²) in [5.74, 6) is -0.952. The molecule has 2 fully saturated rings. The standard InChI is InChI=1S/C25H32O9/c1-4-25(5-2)33-20-15-24(28,23(27)29-6-3)14-19(22(20)34-25)32-21(26)10-8-16-7-9-17-18(13-16)31-12-11-30-17/h7-10,13,19-20,22,28H,4-6,11-12,14-15H2,1-3H3/b10-8+/t19-,20-,22+,24-/m1/s1. The number of carbonyl (C=O) groups excluding carboxylic acids is 2. The minimum atomic E-state index is -1.83. The summed E-state index contributed by atoms with van der Waals surface area (Å²) in [6, 6.07) is 5.36. The van der Waals surface area contributed by atoms with Gasteiger partial charge in [-0.2, -0.15) is 0 Å². The molecule has 9 nitrogen and oxygen atoms in total. The summed E-state index contributed by atoms with van der Waals surface area (Å²) in [7, 11) is 0. The Morgan fingerprint density at radius 2 is 1.82 bits per heavy atom. The molecule has 1 saturated heterocycles. The van der Waals surface area contributed by atoms with Crippen molar-refractivity contribution in [3.8, 4) is 11.5 Å². The smallest absolute Gasteiger partial charge is 0.338 e. The van der Waals surface area contributed by atoms with Gasteiger partial charge in [-0.1, -0.05) is 19.9 Å². The fourth-order valence-electron chi connectivity index (χ4n) is 4.67. The van der Waals surface area contributed by atoms with Crippen LogP contribution in [0.3, 0.4) is 0 Å². The summed E-state index contributed by atoms with van der Waals surface area (Å²) in [6.07, 6.45) is 1.85. The van der Waals surface area contributed by atoms with Crippen molar-refractivity contribution in [3.05, 3.63) is 29.8 Å². The van der Waals surface area contributed by atoms with Crippen LogP contribution in [0.1, 0.15) is 52.0 Å². The summed E-state index contributed by atoms with van der Waals surface area (Å²) < 4.78 is 34.2. The predicted molar refractivity (Wildman–Crippen MR) is 120 cm³/mol. The number of esters is 2. The molecule has 0 aromatic heterocycles. The molecular weight excluding hydrogens is 444 g/mol. The molecule has 1 N–H and O–H groups in total. The van der Waals surface area contributed by atoms with Gasteiger partial charge in [0.25, 0.3) is 0 Å². The van der Waals surface area contributed by atoms with Gasteiger partial charge in [0.15, 0.2) is 22.9 Å². The third kappa shape index (κ3) is 4.92. The molecule has 1 aromatic carbocycles. The second kappa shape index (κ2) is 9.93. The zero-order chi connectivity index (χ0) is 24.3. The van der Waals surface area contributed by atoms with E-state index < -0.39 is 41.6 Å². The number of carbonyl (C=O) groups is 2. The Morgan fingerprint density at radius 1 is 1.09 bits per heavy atom. The molecule has 186 valence electrons. The lowest BCUT2D eigenvalue weighted by Crippen LogP contribution is -2.56. The molecular formula is C25H32O9. The van der Waals surface area contributed by atoms with Crippen molar-refractivity contribution >= 4 is 18.0 Å². The molecule has 0 spiro atoms. The Balaban J connectivity index is 1.50. The molecule has 0 amide bonds. The van der Waals surface area contributed by atoms with Crippen LogP contribution < -0.4 is 9.47 Å². The van der Waals surface area contributed by atoms with Crippen LogP contribution in [-0.4, -0.2) is 66.6 Å². The Hall–Kier alpha value is -2.62. The molecule has 3 aliphatic rings. The van der Waals surface area contributed by atoms with Gasteiger partial charge in [-0.3, -0.25) is 0 Å². The number of fused-ring (bicyclic) bond motifs is 2. The second-order valence-electron chi connectivity index (χ2n) is 8.73. The molecule has 2 heterocycles. The van der Waals surface area contributed by atoms with Crippen LogP contribution >= 0.6 is 0 Å². The molecule has 0 bridgehead atoms. The summed E-state index contributed by atoms with van der Waals surface area (Å²) in [6.45, 7) is 6.64. The normalized spacial score (nSPS) is 29.5. The van der Waals surface area contributed by atoms with Crippen LogP contribution in [0.2, 0.25) is 0 Å². The van der Waals surface area contributed by atoms with Crippen molar-refractivity contribution in [3.63, 3.8) is 0 Å². The Bertz CT molecular complexity index is 938. The van der Waals surface area contributed by atoms with E-state index in [2.05, 4.69) is 0 Å². The van der Waals surface area contributed by atoms with Crippen LogP contribution in [0, 0.1) is 0 Å². The highest BCUT2D eigenvalue weighted by Crippen LogP contribution is 2.45. The van der Waals surface area contributed by atoms with Gasteiger partial charge in [0.05, 0.1) is 12.7 Å². The van der Waals surface area contributed by atoms with Crippen LogP contribution in [0.5, 0.6) is 11.5 Å². The van der Waals surface area contributed by atoms with Gasteiger partial charge >= 0.3 is 11.9 Å². The van der Waals surface area contributed by atoms with Gasteiger partial charge in [-0.15, -0.1) is 0 Å². The first kappa shape index (κ1) is 24.5. The molecule has 9 heteroatoms. The van der Waals surface area contributed by atoms with Crippen molar-refractivity contribution in [2.45, 2.75) is 76.2 Å². The van der Waals surface area contributed by atoms with Gasteiger partial charge in [-0.05, 0) is 43.5 Å². The molecule has 0 unspecified atom stereocenters. The highest BCUT2D eigenvalue weighted by Gasteiger charge is 2.59. The Labute approximate surface area is 198 Å². The fourth-order valence-corrected chi connectivity index (χ4v) is 4.67. The molecule has 4 rings (SSSR count). The van der Waals surface area contributed by atoms with Gasteiger partial charge in [0.1, 0.15) is 25.4 Å². The average molecular weight is 477 g/mol. The van der Waals surface area contributed by atoms with Crippen molar-refractivity contribution < 1.29 is 43.1 Å². The van der Waals surface area contributed by atoms with Crippen molar-refractivity contribution in [2.24, 2.45) is 0 Å². The fraction of sp³-hybridized carbons (Fsp3) is 0.600. The van der Waals surface area contributed by atoms with Gasteiger partial charge < -0.3 is 33.5 Å². The number of rotatable bonds is 7. The zero-order valence-electron chi connectivity index (χ0n) is 19.8. The van der Waals surface area contributed by atoms with Crippen LogP contribution in [-0.2, 0) is 28.5 Å². The number of aliphatic hydroxyl groups is 1. The first-order chi connectivity index (χ1) is 16.3. The summed E-state index contributed by atoms with van der Waals surface area (Å²) >= 11 is 0. The third-order valence-electron chi connectivity index (χ3n) is 6.51. The third-order valence-corrected chi connectivity index (χ3v) is 6.51. The van der Waals surface area contributed by atoms with E-state index >= 15 is 0 Å². The molecule has 1 saturated carbocycles. The van der Waals surface area contributed by atoms with Crippen LogP contribution in [0.4, 0.5) is 0 Å².